The van der Waals surface area contributed by atoms with Gasteiger partial charge in [-0.3, -0.25) is 0 Å². The predicted octanol–water partition coefficient (Wildman–Crippen LogP) is 3.49. The molecule has 5 nitrogen and oxygen atoms in total. The monoisotopic (exact) mass is 336 g/mol. The maximum absolute atomic E-state index is 11.6. The van der Waals surface area contributed by atoms with Crippen LogP contribution < -0.4 is 10.6 Å². The lowest BCUT2D eigenvalue weighted by atomic mass is 10.1. The Balaban J connectivity index is 1.73. The average Bonchev–Trinajstić information content (AvgIpc) is 2.91. The third-order valence-electron chi connectivity index (χ3n) is 4.10. The molecule has 130 valence electrons. The minimum Gasteiger partial charge on any atom is -0.338 e. The van der Waals surface area contributed by atoms with E-state index in [9.17, 15) is 4.79 Å². The summed E-state index contributed by atoms with van der Waals surface area (Å²) >= 11 is 0. The molecule has 0 saturated heterocycles. The lowest BCUT2D eigenvalue weighted by molar-refractivity contribution is 0.238. The smallest absolute Gasteiger partial charge is 0.314 e. The molecule has 0 unspecified atom stereocenters. The number of imidazole rings is 1. The summed E-state index contributed by atoms with van der Waals surface area (Å²) in [6.07, 6.45) is 0.776. The first kappa shape index (κ1) is 17.0. The van der Waals surface area contributed by atoms with Crippen molar-refractivity contribution >= 4 is 17.1 Å². The molecule has 0 bridgehead atoms. The fourth-order valence-electron chi connectivity index (χ4n) is 2.88. The molecule has 0 aliphatic rings. The SMILES string of the molecule is CC(C)NC(=O)NCCc1ccc2c(c1)nc(-c1ccccc1)n2C. The number of aryl methyl sites for hydroxylation is 1. The molecule has 0 radical (unpaired) electrons. The second kappa shape index (κ2) is 7.38. The fourth-order valence-corrected chi connectivity index (χ4v) is 2.88. The van der Waals surface area contributed by atoms with Gasteiger partial charge in [0.1, 0.15) is 5.82 Å². The van der Waals surface area contributed by atoms with Crippen LogP contribution in [0.25, 0.3) is 22.4 Å². The van der Waals surface area contributed by atoms with Gasteiger partial charge < -0.3 is 15.2 Å². The van der Waals surface area contributed by atoms with E-state index in [0.717, 1.165) is 34.4 Å². The Morgan fingerprint density at radius 1 is 1.16 bits per heavy atom. The van der Waals surface area contributed by atoms with Gasteiger partial charge in [0.2, 0.25) is 0 Å². The first-order valence-electron chi connectivity index (χ1n) is 8.59. The van der Waals surface area contributed by atoms with Gasteiger partial charge in [-0.2, -0.15) is 0 Å². The van der Waals surface area contributed by atoms with Crippen LogP contribution in [0.3, 0.4) is 0 Å². The van der Waals surface area contributed by atoms with Crippen LogP contribution in [-0.4, -0.2) is 28.2 Å². The van der Waals surface area contributed by atoms with Gasteiger partial charge in [-0.25, -0.2) is 9.78 Å². The quantitative estimate of drug-likeness (QED) is 0.749. The molecule has 3 aromatic rings. The molecule has 1 heterocycles. The largest absolute Gasteiger partial charge is 0.338 e. The van der Waals surface area contributed by atoms with Crippen molar-refractivity contribution in [3.05, 3.63) is 54.1 Å². The maximum atomic E-state index is 11.6. The summed E-state index contributed by atoms with van der Waals surface area (Å²) in [4.78, 5) is 16.4. The lowest BCUT2D eigenvalue weighted by Crippen LogP contribution is -2.40. The van der Waals surface area contributed by atoms with E-state index in [1.807, 2.05) is 39.1 Å². The van der Waals surface area contributed by atoms with Crippen LogP contribution in [0.15, 0.2) is 48.5 Å². The van der Waals surface area contributed by atoms with Gasteiger partial charge in [-0.05, 0) is 38.0 Å². The van der Waals surface area contributed by atoms with Gasteiger partial charge in [0.25, 0.3) is 0 Å². The van der Waals surface area contributed by atoms with Crippen molar-refractivity contribution < 1.29 is 4.79 Å². The van der Waals surface area contributed by atoms with Crippen LogP contribution in [0.2, 0.25) is 0 Å². The zero-order valence-corrected chi connectivity index (χ0v) is 14.9. The van der Waals surface area contributed by atoms with E-state index in [-0.39, 0.29) is 12.1 Å². The van der Waals surface area contributed by atoms with Gasteiger partial charge in [0, 0.05) is 25.2 Å². The molecule has 3 rings (SSSR count). The minimum absolute atomic E-state index is 0.125. The topological polar surface area (TPSA) is 59.0 Å². The molecule has 0 saturated carbocycles. The number of benzene rings is 2. The van der Waals surface area contributed by atoms with E-state index in [1.54, 1.807) is 0 Å². The summed E-state index contributed by atoms with van der Waals surface area (Å²) in [5.41, 5.74) is 4.35. The summed E-state index contributed by atoms with van der Waals surface area (Å²) in [6.45, 7) is 4.49. The third kappa shape index (κ3) is 3.99. The van der Waals surface area contributed by atoms with Crippen LogP contribution in [0.4, 0.5) is 4.79 Å². The highest BCUT2D eigenvalue weighted by molar-refractivity contribution is 5.81. The molecule has 2 amide bonds. The number of carbonyl (C=O) groups excluding carboxylic acids is 1. The number of aromatic nitrogens is 2. The van der Waals surface area contributed by atoms with E-state index < -0.39 is 0 Å². The number of nitrogens with one attached hydrogen (secondary N) is 2. The fraction of sp³-hybridized carbons (Fsp3) is 0.300. The zero-order valence-electron chi connectivity index (χ0n) is 14.9. The van der Waals surface area contributed by atoms with Crippen LogP contribution in [0.5, 0.6) is 0 Å². The van der Waals surface area contributed by atoms with Gasteiger partial charge in [0.05, 0.1) is 11.0 Å². The normalized spacial score (nSPS) is 11.0. The van der Waals surface area contributed by atoms with Gasteiger partial charge in [0.15, 0.2) is 0 Å². The van der Waals surface area contributed by atoms with Crippen molar-refractivity contribution in [3.8, 4) is 11.4 Å². The van der Waals surface area contributed by atoms with Gasteiger partial charge in [-0.15, -0.1) is 0 Å². The first-order valence-corrected chi connectivity index (χ1v) is 8.59. The summed E-state index contributed by atoms with van der Waals surface area (Å²) in [5, 5.41) is 5.70. The Labute approximate surface area is 148 Å². The van der Waals surface area contributed by atoms with Crippen LogP contribution in [-0.2, 0) is 13.5 Å². The number of hydrogen-bond acceptors (Lipinski definition) is 2. The standard InChI is InChI=1S/C20H24N4O/c1-14(2)22-20(25)21-12-11-15-9-10-18-17(13-15)23-19(24(18)3)16-7-5-4-6-8-16/h4-10,13-14H,11-12H2,1-3H3,(H2,21,22,25). The highest BCUT2D eigenvalue weighted by atomic mass is 16.2. The number of rotatable bonds is 5. The molecule has 0 fully saturated rings. The summed E-state index contributed by atoms with van der Waals surface area (Å²) in [6, 6.07) is 16.5. The average molecular weight is 336 g/mol. The number of urea groups is 1. The van der Waals surface area contributed by atoms with Crippen molar-refractivity contribution in [2.45, 2.75) is 26.3 Å². The number of fused-ring (bicyclic) bond motifs is 1. The third-order valence-corrected chi connectivity index (χ3v) is 4.10. The molecule has 0 atom stereocenters. The van der Waals surface area contributed by atoms with Gasteiger partial charge in [-0.1, -0.05) is 36.4 Å². The number of nitrogens with zero attached hydrogens (tertiary/aromatic N) is 2. The Morgan fingerprint density at radius 3 is 2.64 bits per heavy atom. The second-order valence-electron chi connectivity index (χ2n) is 6.49. The Kier molecular flexibility index (Phi) is 5.03. The Morgan fingerprint density at radius 2 is 1.92 bits per heavy atom. The summed E-state index contributed by atoms with van der Waals surface area (Å²) in [7, 11) is 2.04. The molecule has 2 aromatic carbocycles. The van der Waals surface area contributed by atoms with Crippen LogP contribution in [0.1, 0.15) is 19.4 Å². The molecular formula is C20H24N4O. The number of amides is 2. The van der Waals surface area contributed by atoms with E-state index in [4.69, 9.17) is 4.98 Å². The molecule has 0 spiro atoms. The molecule has 0 aliphatic carbocycles. The summed E-state index contributed by atoms with van der Waals surface area (Å²) in [5.74, 6) is 0.960. The summed E-state index contributed by atoms with van der Waals surface area (Å²) < 4.78 is 2.11. The van der Waals surface area contributed by atoms with Crippen molar-refractivity contribution in [2.24, 2.45) is 7.05 Å². The maximum Gasteiger partial charge on any atom is 0.314 e. The zero-order chi connectivity index (χ0) is 17.8. The van der Waals surface area contributed by atoms with Gasteiger partial charge >= 0.3 is 6.03 Å². The van der Waals surface area contributed by atoms with Crippen molar-refractivity contribution in [1.29, 1.82) is 0 Å². The van der Waals surface area contributed by atoms with E-state index in [1.165, 1.54) is 0 Å². The molecule has 25 heavy (non-hydrogen) atoms. The highest BCUT2D eigenvalue weighted by Gasteiger charge is 2.10. The van der Waals surface area contributed by atoms with E-state index in [2.05, 4.69) is 45.5 Å². The van der Waals surface area contributed by atoms with Crippen molar-refractivity contribution in [1.82, 2.24) is 20.2 Å². The van der Waals surface area contributed by atoms with Crippen molar-refractivity contribution in [3.63, 3.8) is 0 Å². The number of hydrogen-bond donors (Lipinski definition) is 2. The van der Waals surface area contributed by atoms with E-state index in [0.29, 0.717) is 6.54 Å². The minimum atomic E-state index is -0.125. The Hall–Kier alpha value is -2.82. The second-order valence-corrected chi connectivity index (χ2v) is 6.49. The Bertz CT molecular complexity index is 868. The number of carbonyl (C=O) groups is 1. The van der Waals surface area contributed by atoms with Crippen molar-refractivity contribution in [2.75, 3.05) is 6.54 Å². The first-order chi connectivity index (χ1) is 12.0. The van der Waals surface area contributed by atoms with Crippen LogP contribution in [0, 0.1) is 0 Å². The molecule has 5 heteroatoms. The molecular weight excluding hydrogens is 312 g/mol. The van der Waals surface area contributed by atoms with E-state index >= 15 is 0 Å². The highest BCUT2D eigenvalue weighted by Crippen LogP contribution is 2.24. The molecule has 2 N–H and O–H groups in total. The molecule has 0 aliphatic heterocycles. The lowest BCUT2D eigenvalue weighted by Gasteiger charge is -2.10. The predicted molar refractivity (Wildman–Crippen MR) is 102 cm³/mol. The van der Waals surface area contributed by atoms with Crippen LogP contribution >= 0.6 is 0 Å². The molecule has 1 aromatic heterocycles.